The number of fused-ring (bicyclic) bond motifs is 1. The molecule has 0 aromatic heterocycles. The van der Waals surface area contributed by atoms with E-state index in [2.05, 4.69) is 24.5 Å². The Balaban J connectivity index is 1.42. The van der Waals surface area contributed by atoms with Crippen molar-refractivity contribution in [2.75, 3.05) is 11.9 Å². The average Bonchev–Trinajstić information content (AvgIpc) is 3.47. The Labute approximate surface area is 207 Å². The van der Waals surface area contributed by atoms with Crippen molar-refractivity contribution in [3.63, 3.8) is 0 Å². The summed E-state index contributed by atoms with van der Waals surface area (Å²) >= 11 is 0. The molecule has 7 nitrogen and oxygen atoms in total. The van der Waals surface area contributed by atoms with Gasteiger partial charge in [0.15, 0.2) is 0 Å². The van der Waals surface area contributed by atoms with Crippen LogP contribution in [0.25, 0.3) is 0 Å². The van der Waals surface area contributed by atoms with Crippen molar-refractivity contribution in [1.82, 2.24) is 10.2 Å². The number of rotatable bonds is 7. The number of carbonyl (C=O) groups excluding carboxylic acids is 3. The minimum Gasteiger partial charge on any atom is -0.359 e. The Hall–Kier alpha value is -2.67. The highest BCUT2D eigenvalue weighted by Crippen LogP contribution is 2.55. The van der Waals surface area contributed by atoms with Gasteiger partial charge in [-0.3, -0.25) is 14.4 Å². The summed E-state index contributed by atoms with van der Waals surface area (Å²) in [4.78, 5) is 42.7. The summed E-state index contributed by atoms with van der Waals surface area (Å²) in [6.45, 7) is 6.68. The fraction of sp³-hybridized carbons (Fsp3) is 0.607. The highest BCUT2D eigenvalue weighted by Gasteiger charge is 2.72. The second kappa shape index (κ2) is 9.41. The summed E-state index contributed by atoms with van der Waals surface area (Å²) in [6.07, 6.45) is 9.39. The SMILES string of the molecule is Cc1ccc(NC(=O)[C@H]2[C@H]3C=C[C@]4(O3)[C@H](C(=O)NC3CCCCC3)N(CCC(C)C)C(=O)[C@@H]24)cc1. The second-order valence-electron chi connectivity index (χ2n) is 11.1. The summed E-state index contributed by atoms with van der Waals surface area (Å²) in [6, 6.07) is 6.98. The number of ether oxygens (including phenoxy) is 1. The Morgan fingerprint density at radius 2 is 1.83 bits per heavy atom. The quantitative estimate of drug-likeness (QED) is 0.585. The molecule has 3 amide bonds. The van der Waals surface area contributed by atoms with E-state index >= 15 is 0 Å². The highest BCUT2D eigenvalue weighted by atomic mass is 16.5. The van der Waals surface area contributed by atoms with Crippen molar-refractivity contribution in [3.8, 4) is 0 Å². The lowest BCUT2D eigenvalue weighted by atomic mass is 9.74. The molecule has 2 bridgehead atoms. The van der Waals surface area contributed by atoms with Crippen LogP contribution in [0.3, 0.4) is 0 Å². The molecule has 0 radical (unpaired) electrons. The lowest BCUT2D eigenvalue weighted by Gasteiger charge is -2.34. The monoisotopic (exact) mass is 479 g/mol. The molecule has 3 aliphatic heterocycles. The fourth-order valence-corrected chi connectivity index (χ4v) is 6.29. The Morgan fingerprint density at radius 3 is 2.51 bits per heavy atom. The Morgan fingerprint density at radius 1 is 1.11 bits per heavy atom. The largest absolute Gasteiger partial charge is 0.359 e. The van der Waals surface area contributed by atoms with Gasteiger partial charge in [-0.15, -0.1) is 0 Å². The zero-order chi connectivity index (χ0) is 24.7. The number of likely N-dealkylation sites (tertiary alicyclic amines) is 1. The average molecular weight is 480 g/mol. The van der Waals surface area contributed by atoms with Gasteiger partial charge in [0, 0.05) is 18.3 Å². The highest BCUT2D eigenvalue weighted by molar-refractivity contribution is 6.02. The summed E-state index contributed by atoms with van der Waals surface area (Å²) in [7, 11) is 0. The molecule has 5 rings (SSSR count). The maximum absolute atomic E-state index is 13.9. The lowest BCUT2D eigenvalue weighted by molar-refractivity contribution is -0.141. The van der Waals surface area contributed by atoms with Crippen LogP contribution in [0.1, 0.15) is 57.9 Å². The van der Waals surface area contributed by atoms with Crippen LogP contribution >= 0.6 is 0 Å². The third-order valence-corrected chi connectivity index (χ3v) is 8.14. The molecule has 7 heteroatoms. The van der Waals surface area contributed by atoms with Crippen molar-refractivity contribution in [2.24, 2.45) is 17.8 Å². The van der Waals surface area contributed by atoms with Crippen molar-refractivity contribution < 1.29 is 19.1 Å². The molecule has 188 valence electrons. The van der Waals surface area contributed by atoms with Gasteiger partial charge in [-0.05, 0) is 44.2 Å². The molecule has 1 saturated carbocycles. The van der Waals surface area contributed by atoms with Crippen LogP contribution in [0.15, 0.2) is 36.4 Å². The number of aryl methyl sites for hydroxylation is 1. The molecule has 3 fully saturated rings. The van der Waals surface area contributed by atoms with Gasteiger partial charge in [0.05, 0.1) is 17.9 Å². The van der Waals surface area contributed by atoms with Crippen molar-refractivity contribution in [1.29, 1.82) is 0 Å². The van der Waals surface area contributed by atoms with Crippen LogP contribution in [0.2, 0.25) is 0 Å². The summed E-state index contributed by atoms with van der Waals surface area (Å²) in [5, 5.41) is 6.21. The molecule has 5 atom stereocenters. The standard InChI is InChI=1S/C28H37N3O4/c1-17(2)14-16-31-24(26(33)30-19-7-5-4-6-8-19)28-15-13-21(35-28)22(23(28)27(31)34)25(32)29-20-11-9-18(3)10-12-20/h9-13,15,17,19,21-24H,4-8,14,16H2,1-3H3,(H,29,32)(H,30,33)/t21-,22+,23-,24+,28-/m1/s1. The third-order valence-electron chi connectivity index (χ3n) is 8.14. The smallest absolute Gasteiger partial charge is 0.246 e. The maximum atomic E-state index is 13.9. The van der Waals surface area contributed by atoms with Crippen molar-refractivity contribution >= 4 is 23.4 Å². The van der Waals surface area contributed by atoms with Crippen LogP contribution in [-0.4, -0.2) is 53.0 Å². The van der Waals surface area contributed by atoms with Crippen LogP contribution in [0, 0.1) is 24.7 Å². The van der Waals surface area contributed by atoms with Gasteiger partial charge in [-0.25, -0.2) is 0 Å². The van der Waals surface area contributed by atoms with Gasteiger partial charge < -0.3 is 20.3 Å². The number of amides is 3. The molecule has 1 aliphatic carbocycles. The molecule has 2 N–H and O–H groups in total. The first-order valence-electron chi connectivity index (χ1n) is 13.2. The Bertz CT molecular complexity index is 1010. The Kier molecular flexibility index (Phi) is 6.47. The van der Waals surface area contributed by atoms with Crippen molar-refractivity contribution in [2.45, 2.75) is 83.1 Å². The van der Waals surface area contributed by atoms with E-state index in [1.807, 2.05) is 43.3 Å². The minimum atomic E-state index is -1.09. The molecule has 2 saturated heterocycles. The van der Waals surface area contributed by atoms with E-state index < -0.39 is 29.6 Å². The second-order valence-corrected chi connectivity index (χ2v) is 11.1. The molecule has 1 aromatic rings. The van der Waals surface area contributed by atoms with Crippen LogP contribution < -0.4 is 10.6 Å². The first-order chi connectivity index (χ1) is 16.8. The molecular formula is C28H37N3O4. The molecular weight excluding hydrogens is 442 g/mol. The lowest BCUT2D eigenvalue weighted by Crippen LogP contribution is -2.56. The topological polar surface area (TPSA) is 87.7 Å². The molecule has 0 unspecified atom stereocenters. The van der Waals surface area contributed by atoms with Gasteiger partial charge in [0.2, 0.25) is 17.7 Å². The van der Waals surface area contributed by atoms with Gasteiger partial charge >= 0.3 is 0 Å². The van der Waals surface area contributed by atoms with Gasteiger partial charge in [-0.2, -0.15) is 0 Å². The first-order valence-corrected chi connectivity index (χ1v) is 13.2. The molecule has 1 spiro atoms. The van der Waals surface area contributed by atoms with E-state index in [1.54, 1.807) is 4.90 Å². The molecule has 35 heavy (non-hydrogen) atoms. The number of nitrogens with zero attached hydrogens (tertiary/aromatic N) is 1. The van der Waals surface area contributed by atoms with E-state index in [1.165, 1.54) is 6.42 Å². The fourth-order valence-electron chi connectivity index (χ4n) is 6.29. The molecule has 1 aromatic carbocycles. The van der Waals surface area contributed by atoms with E-state index in [0.717, 1.165) is 37.7 Å². The van der Waals surface area contributed by atoms with E-state index in [0.29, 0.717) is 18.2 Å². The zero-order valence-corrected chi connectivity index (χ0v) is 21.0. The number of nitrogens with one attached hydrogen (secondary N) is 2. The predicted octanol–water partition coefficient (Wildman–Crippen LogP) is 3.58. The normalized spacial score (nSPS) is 31.8. The number of anilines is 1. The number of hydrogen-bond acceptors (Lipinski definition) is 4. The summed E-state index contributed by atoms with van der Waals surface area (Å²) in [5.41, 5.74) is 0.703. The van der Waals surface area contributed by atoms with Crippen LogP contribution in [-0.2, 0) is 19.1 Å². The molecule has 4 aliphatic rings. The van der Waals surface area contributed by atoms with Gasteiger partial charge in [0.1, 0.15) is 11.6 Å². The van der Waals surface area contributed by atoms with Crippen molar-refractivity contribution in [3.05, 3.63) is 42.0 Å². The summed E-state index contributed by atoms with van der Waals surface area (Å²) in [5.74, 6) is -1.51. The molecule has 3 heterocycles. The van der Waals surface area contributed by atoms with E-state index in [4.69, 9.17) is 4.74 Å². The minimum absolute atomic E-state index is 0.136. The van der Waals surface area contributed by atoms with Gasteiger partial charge in [-0.1, -0.05) is 63.0 Å². The summed E-state index contributed by atoms with van der Waals surface area (Å²) < 4.78 is 6.41. The third kappa shape index (κ3) is 4.28. The first kappa shape index (κ1) is 24.0. The zero-order valence-electron chi connectivity index (χ0n) is 21.0. The maximum Gasteiger partial charge on any atom is 0.246 e. The predicted molar refractivity (Wildman–Crippen MR) is 134 cm³/mol. The van der Waals surface area contributed by atoms with E-state index in [9.17, 15) is 14.4 Å². The van der Waals surface area contributed by atoms with Crippen LogP contribution in [0.4, 0.5) is 5.69 Å². The number of hydrogen-bond donors (Lipinski definition) is 2. The number of carbonyl (C=O) groups is 3. The van der Waals surface area contributed by atoms with E-state index in [-0.39, 0.29) is 23.8 Å². The van der Waals surface area contributed by atoms with Gasteiger partial charge in [0.25, 0.3) is 0 Å². The number of benzene rings is 1. The van der Waals surface area contributed by atoms with Crippen LogP contribution in [0.5, 0.6) is 0 Å².